The normalized spacial score (nSPS) is 10.8. The van der Waals surface area contributed by atoms with E-state index < -0.39 is 10.0 Å². The molecule has 26 heavy (non-hydrogen) atoms. The van der Waals surface area contributed by atoms with Gasteiger partial charge in [0.25, 0.3) is 15.9 Å². The van der Waals surface area contributed by atoms with E-state index in [-0.39, 0.29) is 22.5 Å². The van der Waals surface area contributed by atoms with Gasteiger partial charge in [0.1, 0.15) is 4.21 Å². The fourth-order valence-corrected chi connectivity index (χ4v) is 4.03. The zero-order valence-corrected chi connectivity index (χ0v) is 16.7. The van der Waals surface area contributed by atoms with Crippen LogP contribution >= 0.6 is 23.7 Å². The monoisotopic (exact) mass is 419 g/mol. The maximum atomic E-state index is 12.1. The number of hydrogen-bond acceptors (Lipinski definition) is 6. The number of methoxy groups -OCH3 is 1. The van der Waals surface area contributed by atoms with Gasteiger partial charge in [-0.15, -0.1) is 23.7 Å². The number of rotatable bonds is 10. The van der Waals surface area contributed by atoms with Gasteiger partial charge in [0, 0.05) is 38.0 Å². The zero-order valence-electron chi connectivity index (χ0n) is 14.2. The molecule has 1 heterocycles. The Balaban J connectivity index is 0.00000338. The van der Waals surface area contributed by atoms with Crippen LogP contribution in [0.25, 0.3) is 0 Å². The minimum atomic E-state index is -3.58. The van der Waals surface area contributed by atoms with E-state index in [9.17, 15) is 13.2 Å². The van der Waals surface area contributed by atoms with Crippen LogP contribution in [0.15, 0.2) is 46.0 Å². The number of sulfonamides is 1. The molecule has 0 atom stereocenters. The second-order valence-electron chi connectivity index (χ2n) is 5.11. The molecule has 0 saturated carbocycles. The van der Waals surface area contributed by atoms with Crippen LogP contribution in [0.3, 0.4) is 0 Å². The highest BCUT2D eigenvalue weighted by molar-refractivity contribution is 7.94. The summed E-state index contributed by atoms with van der Waals surface area (Å²) in [5, 5.41) is 7.61. The average Bonchev–Trinajstić information content (AvgIpc) is 3.14. The van der Waals surface area contributed by atoms with Crippen molar-refractivity contribution in [1.29, 1.82) is 0 Å². The molecule has 0 spiro atoms. The molecule has 10 heteroatoms. The van der Waals surface area contributed by atoms with Crippen molar-refractivity contribution in [3.8, 4) is 0 Å². The van der Waals surface area contributed by atoms with Gasteiger partial charge in [-0.2, -0.15) is 0 Å². The van der Waals surface area contributed by atoms with Gasteiger partial charge >= 0.3 is 0 Å². The molecule has 1 aromatic heterocycles. The fourth-order valence-electron chi connectivity index (χ4n) is 1.98. The molecule has 0 aliphatic carbocycles. The summed E-state index contributed by atoms with van der Waals surface area (Å²) in [4.78, 5) is 12.0. The van der Waals surface area contributed by atoms with Crippen molar-refractivity contribution >= 4 is 45.4 Å². The van der Waals surface area contributed by atoms with Crippen molar-refractivity contribution in [2.45, 2.75) is 4.21 Å². The minimum Gasteiger partial charge on any atom is -0.383 e. The summed E-state index contributed by atoms with van der Waals surface area (Å²) in [6.45, 7) is 2.49. The van der Waals surface area contributed by atoms with Crippen molar-refractivity contribution in [1.82, 2.24) is 10.6 Å². The maximum Gasteiger partial charge on any atom is 0.271 e. The van der Waals surface area contributed by atoms with Crippen molar-refractivity contribution in [2.24, 2.45) is 0 Å². The highest BCUT2D eigenvalue weighted by Crippen LogP contribution is 2.20. The summed E-state index contributed by atoms with van der Waals surface area (Å²) in [6, 6.07) is 9.51. The average molecular weight is 420 g/mol. The molecule has 0 saturated heterocycles. The van der Waals surface area contributed by atoms with Crippen molar-refractivity contribution in [3.63, 3.8) is 0 Å². The molecule has 0 aliphatic rings. The van der Waals surface area contributed by atoms with Crippen LogP contribution in [0.1, 0.15) is 10.4 Å². The largest absolute Gasteiger partial charge is 0.383 e. The SMILES string of the molecule is COCCNCCNC(=O)c1ccc(NS(=O)(=O)c2cccs2)cc1.Cl. The number of nitrogens with one attached hydrogen (secondary N) is 3. The van der Waals surface area contributed by atoms with Crippen LogP contribution in [0.5, 0.6) is 0 Å². The van der Waals surface area contributed by atoms with Crippen LogP contribution in [-0.4, -0.2) is 47.7 Å². The van der Waals surface area contributed by atoms with Crippen LogP contribution < -0.4 is 15.4 Å². The van der Waals surface area contributed by atoms with E-state index >= 15 is 0 Å². The molecule has 0 aliphatic heterocycles. The fraction of sp³-hybridized carbons (Fsp3) is 0.312. The molecule has 2 aromatic rings. The predicted octanol–water partition coefficient (Wildman–Crippen LogP) is 1.94. The molecular formula is C16H22ClN3O4S2. The van der Waals surface area contributed by atoms with E-state index in [2.05, 4.69) is 15.4 Å². The van der Waals surface area contributed by atoms with Crippen LogP contribution in [0.4, 0.5) is 5.69 Å². The van der Waals surface area contributed by atoms with Crippen molar-refractivity contribution < 1.29 is 17.9 Å². The van der Waals surface area contributed by atoms with Gasteiger partial charge in [-0.25, -0.2) is 8.42 Å². The first-order valence-corrected chi connectivity index (χ1v) is 10.0. The summed E-state index contributed by atoms with van der Waals surface area (Å²) >= 11 is 1.14. The highest BCUT2D eigenvalue weighted by Gasteiger charge is 2.15. The molecule has 3 N–H and O–H groups in total. The second kappa shape index (κ2) is 11.1. The van der Waals surface area contributed by atoms with Gasteiger partial charge in [0.2, 0.25) is 0 Å². The topological polar surface area (TPSA) is 96.5 Å². The maximum absolute atomic E-state index is 12.1. The molecule has 0 radical (unpaired) electrons. The number of thiophene rings is 1. The lowest BCUT2D eigenvalue weighted by Crippen LogP contribution is -2.33. The third-order valence-corrected chi connectivity index (χ3v) is 6.01. The summed E-state index contributed by atoms with van der Waals surface area (Å²) in [7, 11) is -1.95. The molecule has 1 amide bonds. The van der Waals surface area contributed by atoms with Crippen molar-refractivity contribution in [3.05, 3.63) is 47.3 Å². The number of carbonyl (C=O) groups is 1. The first kappa shape index (κ1) is 22.4. The lowest BCUT2D eigenvalue weighted by Gasteiger charge is -2.08. The number of benzene rings is 1. The van der Waals surface area contributed by atoms with Gasteiger partial charge in [0.15, 0.2) is 0 Å². The van der Waals surface area contributed by atoms with E-state index in [4.69, 9.17) is 4.74 Å². The molecule has 1 aromatic carbocycles. The highest BCUT2D eigenvalue weighted by atomic mass is 35.5. The molecule has 2 rings (SSSR count). The van der Waals surface area contributed by atoms with E-state index in [1.54, 1.807) is 42.8 Å². The zero-order chi connectivity index (χ0) is 18.1. The number of ether oxygens (including phenoxy) is 1. The van der Waals surface area contributed by atoms with Crippen LogP contribution in [-0.2, 0) is 14.8 Å². The third-order valence-electron chi connectivity index (χ3n) is 3.23. The summed E-state index contributed by atoms with van der Waals surface area (Å²) < 4.78 is 31.9. The van der Waals surface area contributed by atoms with E-state index in [1.807, 2.05) is 0 Å². The second-order valence-corrected chi connectivity index (χ2v) is 7.97. The number of hydrogen-bond donors (Lipinski definition) is 3. The predicted molar refractivity (Wildman–Crippen MR) is 106 cm³/mol. The molecule has 0 bridgehead atoms. The van der Waals surface area contributed by atoms with Gasteiger partial charge in [0.05, 0.1) is 6.61 Å². The Bertz CT molecular complexity index is 765. The Morgan fingerprint density at radius 1 is 1.12 bits per heavy atom. The Labute approximate surface area is 163 Å². The van der Waals surface area contributed by atoms with Crippen LogP contribution in [0, 0.1) is 0 Å². The molecular weight excluding hydrogens is 398 g/mol. The third kappa shape index (κ3) is 6.93. The van der Waals surface area contributed by atoms with E-state index in [1.165, 1.54) is 6.07 Å². The van der Waals surface area contributed by atoms with Crippen LogP contribution in [0.2, 0.25) is 0 Å². The standard InChI is InChI=1S/C16H21N3O4S2.ClH/c1-23-11-10-17-8-9-18-16(20)13-4-6-14(7-5-13)19-25(21,22)15-3-2-12-24-15;/h2-7,12,17,19H,8-11H2,1H3,(H,18,20);1H. The Hall–Kier alpha value is -1.65. The van der Waals surface area contributed by atoms with Gasteiger partial charge in [-0.05, 0) is 35.7 Å². The minimum absolute atomic E-state index is 0. The summed E-state index contributed by atoms with van der Waals surface area (Å²) in [5.41, 5.74) is 0.877. The van der Waals surface area contributed by atoms with Gasteiger partial charge < -0.3 is 15.4 Å². The number of anilines is 1. The summed E-state index contributed by atoms with van der Waals surface area (Å²) in [6.07, 6.45) is 0. The summed E-state index contributed by atoms with van der Waals surface area (Å²) in [5.74, 6) is -0.207. The number of amides is 1. The molecule has 144 valence electrons. The van der Waals surface area contributed by atoms with E-state index in [0.717, 1.165) is 17.9 Å². The smallest absolute Gasteiger partial charge is 0.271 e. The Morgan fingerprint density at radius 2 is 1.85 bits per heavy atom. The first-order valence-electron chi connectivity index (χ1n) is 7.67. The Kier molecular flexibility index (Phi) is 9.60. The lowest BCUT2D eigenvalue weighted by molar-refractivity contribution is 0.0953. The van der Waals surface area contributed by atoms with E-state index in [0.29, 0.717) is 30.9 Å². The van der Waals surface area contributed by atoms with Gasteiger partial charge in [-0.1, -0.05) is 6.07 Å². The molecule has 0 fully saturated rings. The molecule has 7 nitrogen and oxygen atoms in total. The quantitative estimate of drug-likeness (QED) is 0.511. The lowest BCUT2D eigenvalue weighted by atomic mass is 10.2. The van der Waals surface area contributed by atoms with Crippen molar-refractivity contribution in [2.75, 3.05) is 38.1 Å². The first-order chi connectivity index (χ1) is 12.0. The number of halogens is 1. The Morgan fingerprint density at radius 3 is 2.46 bits per heavy atom. The molecule has 0 unspecified atom stereocenters. The number of carbonyl (C=O) groups excluding carboxylic acids is 1. The van der Waals surface area contributed by atoms with Gasteiger partial charge in [-0.3, -0.25) is 9.52 Å².